The van der Waals surface area contributed by atoms with E-state index >= 15 is 0 Å². The molecule has 2 aliphatic carbocycles. The van der Waals surface area contributed by atoms with Gasteiger partial charge in [-0.15, -0.1) is 0 Å². The minimum absolute atomic E-state index is 0.0959. The molecule has 0 aromatic rings. The fourth-order valence-corrected chi connectivity index (χ4v) is 3.41. The first-order valence-electron chi connectivity index (χ1n) is 6.40. The van der Waals surface area contributed by atoms with E-state index in [0.717, 1.165) is 23.4 Å². The number of fused-ring (bicyclic) bond motifs is 2. The first-order valence-corrected chi connectivity index (χ1v) is 6.81. The van der Waals surface area contributed by atoms with Crippen LogP contribution in [-0.4, -0.2) is 28.9 Å². The zero-order valence-corrected chi connectivity index (χ0v) is 10.7. The fourth-order valence-electron chi connectivity index (χ4n) is 3.09. The van der Waals surface area contributed by atoms with Crippen LogP contribution in [0, 0.1) is 11.8 Å². The van der Waals surface area contributed by atoms with Crippen molar-refractivity contribution in [1.29, 1.82) is 0 Å². The van der Waals surface area contributed by atoms with Crippen LogP contribution in [0.25, 0.3) is 0 Å². The van der Waals surface area contributed by atoms with Gasteiger partial charge in [0.2, 0.25) is 0 Å². The summed E-state index contributed by atoms with van der Waals surface area (Å²) < 4.78 is 0. The second-order valence-electron chi connectivity index (χ2n) is 5.19. The lowest BCUT2D eigenvalue weighted by Crippen LogP contribution is -2.48. The largest absolute Gasteiger partial charge is 0.394 e. The highest BCUT2D eigenvalue weighted by molar-refractivity contribution is 7.80. The fraction of sp³-hybridized carbons (Fsp3) is 0.917. The zero-order chi connectivity index (χ0) is 11.5. The van der Waals surface area contributed by atoms with Gasteiger partial charge in [-0.2, -0.15) is 0 Å². The Morgan fingerprint density at radius 1 is 1.44 bits per heavy atom. The van der Waals surface area contributed by atoms with Gasteiger partial charge in [0.25, 0.3) is 0 Å². The summed E-state index contributed by atoms with van der Waals surface area (Å²) in [6, 6.07) is 0.675. The Hall–Kier alpha value is -0.350. The number of thiocarbonyl (C=S) groups is 1. The summed E-state index contributed by atoms with van der Waals surface area (Å²) in [4.78, 5) is 0. The van der Waals surface area contributed by atoms with Crippen molar-refractivity contribution in [2.45, 2.75) is 51.1 Å². The topological polar surface area (TPSA) is 44.3 Å². The molecule has 2 aliphatic rings. The maximum absolute atomic E-state index is 9.09. The number of aliphatic hydroxyl groups is 1. The van der Waals surface area contributed by atoms with E-state index in [-0.39, 0.29) is 12.6 Å². The third-order valence-electron chi connectivity index (χ3n) is 4.10. The molecule has 4 heteroatoms. The molecule has 0 aliphatic heterocycles. The van der Waals surface area contributed by atoms with Gasteiger partial charge in [-0.25, -0.2) is 0 Å². The van der Waals surface area contributed by atoms with Crippen molar-refractivity contribution in [3.63, 3.8) is 0 Å². The predicted molar refractivity (Wildman–Crippen MR) is 69.3 cm³/mol. The minimum atomic E-state index is 0.0959. The highest BCUT2D eigenvalue weighted by Gasteiger charge is 2.39. The van der Waals surface area contributed by atoms with Gasteiger partial charge in [-0.3, -0.25) is 0 Å². The summed E-state index contributed by atoms with van der Waals surface area (Å²) in [5.41, 5.74) is 0. The molecule has 2 saturated carbocycles. The lowest BCUT2D eigenvalue weighted by atomic mass is 9.95. The molecule has 2 rings (SSSR count). The number of rotatable bonds is 4. The van der Waals surface area contributed by atoms with Crippen LogP contribution in [-0.2, 0) is 0 Å². The molecule has 0 heterocycles. The Bertz CT molecular complexity index is 255. The molecule has 0 unspecified atom stereocenters. The van der Waals surface area contributed by atoms with Crippen LogP contribution >= 0.6 is 12.2 Å². The maximum atomic E-state index is 9.09. The smallest absolute Gasteiger partial charge is 0.166 e. The Balaban J connectivity index is 1.75. The monoisotopic (exact) mass is 242 g/mol. The van der Waals surface area contributed by atoms with Crippen molar-refractivity contribution in [1.82, 2.24) is 10.6 Å². The van der Waals surface area contributed by atoms with E-state index in [4.69, 9.17) is 17.3 Å². The van der Waals surface area contributed by atoms with Crippen molar-refractivity contribution in [2.75, 3.05) is 6.61 Å². The van der Waals surface area contributed by atoms with Gasteiger partial charge in [0.05, 0.1) is 12.6 Å². The van der Waals surface area contributed by atoms with Crippen molar-refractivity contribution in [2.24, 2.45) is 11.8 Å². The molecule has 0 spiro atoms. The number of nitrogens with one attached hydrogen (secondary N) is 2. The SMILES string of the molecule is CC[C@H](CO)NC(=S)N[C@@H]1C[C@@H]2CC[C@@H]1C2. The molecule has 92 valence electrons. The lowest BCUT2D eigenvalue weighted by Gasteiger charge is -2.26. The molecule has 0 radical (unpaired) electrons. The number of hydrogen-bond donors (Lipinski definition) is 3. The van der Waals surface area contributed by atoms with E-state index < -0.39 is 0 Å². The Morgan fingerprint density at radius 2 is 2.25 bits per heavy atom. The predicted octanol–water partition coefficient (Wildman–Crippen LogP) is 1.41. The highest BCUT2D eigenvalue weighted by atomic mass is 32.1. The van der Waals surface area contributed by atoms with Crippen LogP contribution in [0.15, 0.2) is 0 Å². The normalized spacial score (nSPS) is 33.8. The van der Waals surface area contributed by atoms with Crippen molar-refractivity contribution >= 4 is 17.3 Å². The van der Waals surface area contributed by atoms with E-state index in [1.165, 1.54) is 25.7 Å². The molecule has 4 atom stereocenters. The summed E-state index contributed by atoms with van der Waals surface area (Å²) in [6.07, 6.45) is 6.34. The Morgan fingerprint density at radius 3 is 2.75 bits per heavy atom. The van der Waals surface area contributed by atoms with Crippen LogP contribution in [0.2, 0.25) is 0 Å². The van der Waals surface area contributed by atoms with Crippen LogP contribution < -0.4 is 10.6 Å². The summed E-state index contributed by atoms with van der Waals surface area (Å²) in [5.74, 6) is 1.77. The molecule has 3 N–H and O–H groups in total. The first-order chi connectivity index (χ1) is 7.72. The summed E-state index contributed by atoms with van der Waals surface area (Å²) in [5, 5.41) is 16.4. The standard InChI is InChI=1S/C12H22N2OS/c1-2-10(7-15)13-12(16)14-11-6-8-3-4-9(11)5-8/h8-11,15H,2-7H2,1H3,(H2,13,14,16)/t8-,9-,10-,11-/m1/s1. The van der Waals surface area contributed by atoms with Gasteiger partial charge < -0.3 is 15.7 Å². The van der Waals surface area contributed by atoms with Crippen molar-refractivity contribution in [3.05, 3.63) is 0 Å². The van der Waals surface area contributed by atoms with Gasteiger partial charge in [-0.1, -0.05) is 13.3 Å². The average Bonchev–Trinajstić information content (AvgIpc) is 2.87. The summed E-state index contributed by atoms with van der Waals surface area (Å²) in [6.45, 7) is 2.20. The minimum Gasteiger partial charge on any atom is -0.394 e. The van der Waals surface area contributed by atoms with E-state index in [2.05, 4.69) is 10.6 Å². The van der Waals surface area contributed by atoms with Crippen LogP contribution in [0.5, 0.6) is 0 Å². The maximum Gasteiger partial charge on any atom is 0.166 e. The quantitative estimate of drug-likeness (QED) is 0.652. The molecular formula is C12H22N2OS. The molecule has 16 heavy (non-hydrogen) atoms. The molecule has 3 nitrogen and oxygen atoms in total. The zero-order valence-electron chi connectivity index (χ0n) is 9.91. The van der Waals surface area contributed by atoms with Gasteiger partial charge in [0.15, 0.2) is 5.11 Å². The molecule has 0 amide bonds. The summed E-state index contributed by atoms with van der Waals surface area (Å²) in [7, 11) is 0. The van der Waals surface area contributed by atoms with Gasteiger partial charge >= 0.3 is 0 Å². The van der Waals surface area contributed by atoms with Gasteiger partial charge in [0.1, 0.15) is 0 Å². The van der Waals surface area contributed by atoms with Crippen LogP contribution in [0.1, 0.15) is 39.0 Å². The first kappa shape index (κ1) is 12.1. The van der Waals surface area contributed by atoms with E-state index in [1.807, 2.05) is 6.92 Å². The summed E-state index contributed by atoms with van der Waals surface area (Å²) >= 11 is 5.28. The molecular weight excluding hydrogens is 220 g/mol. The van der Waals surface area contributed by atoms with E-state index in [0.29, 0.717) is 6.04 Å². The van der Waals surface area contributed by atoms with Gasteiger partial charge in [0, 0.05) is 6.04 Å². The second kappa shape index (κ2) is 5.32. The third kappa shape index (κ3) is 2.66. The molecule has 2 bridgehead atoms. The second-order valence-corrected chi connectivity index (χ2v) is 5.60. The number of hydrogen-bond acceptors (Lipinski definition) is 2. The third-order valence-corrected chi connectivity index (χ3v) is 4.34. The number of aliphatic hydroxyl groups excluding tert-OH is 1. The van der Waals surface area contributed by atoms with E-state index in [9.17, 15) is 0 Å². The Kier molecular flexibility index (Phi) is 4.03. The van der Waals surface area contributed by atoms with Crippen molar-refractivity contribution < 1.29 is 5.11 Å². The van der Waals surface area contributed by atoms with Crippen LogP contribution in [0.4, 0.5) is 0 Å². The molecule has 0 aromatic carbocycles. The lowest BCUT2D eigenvalue weighted by molar-refractivity contribution is 0.251. The average molecular weight is 242 g/mol. The van der Waals surface area contributed by atoms with Gasteiger partial charge in [-0.05, 0) is 49.7 Å². The molecule has 0 aromatic heterocycles. The Labute approximate surface area is 103 Å². The molecule has 2 fully saturated rings. The van der Waals surface area contributed by atoms with Crippen molar-refractivity contribution in [3.8, 4) is 0 Å². The highest BCUT2D eigenvalue weighted by Crippen LogP contribution is 2.44. The van der Waals surface area contributed by atoms with Crippen LogP contribution in [0.3, 0.4) is 0 Å². The van der Waals surface area contributed by atoms with E-state index in [1.54, 1.807) is 0 Å². The molecule has 0 saturated heterocycles.